The zero-order chi connectivity index (χ0) is 14.0. The highest BCUT2D eigenvalue weighted by atomic mass is 19.1. The fourth-order valence-corrected chi connectivity index (χ4v) is 2.68. The molecule has 0 saturated carbocycles. The summed E-state index contributed by atoms with van der Waals surface area (Å²) in [5.74, 6) is -0.273. The van der Waals surface area contributed by atoms with Crippen molar-refractivity contribution in [2.24, 2.45) is 5.73 Å². The molecule has 19 heavy (non-hydrogen) atoms. The molecule has 1 fully saturated rings. The third kappa shape index (κ3) is 3.23. The van der Waals surface area contributed by atoms with Gasteiger partial charge in [-0.15, -0.1) is 0 Å². The summed E-state index contributed by atoms with van der Waals surface area (Å²) in [6.07, 6.45) is 0.375. The lowest BCUT2D eigenvalue weighted by molar-refractivity contribution is 0.191. The van der Waals surface area contributed by atoms with Crippen molar-refractivity contribution in [3.05, 3.63) is 29.6 Å². The highest BCUT2D eigenvalue weighted by molar-refractivity contribution is 5.50. The van der Waals surface area contributed by atoms with Crippen LogP contribution in [0.3, 0.4) is 0 Å². The van der Waals surface area contributed by atoms with E-state index in [1.54, 1.807) is 6.07 Å². The van der Waals surface area contributed by atoms with Crippen molar-refractivity contribution < 1.29 is 9.50 Å². The van der Waals surface area contributed by atoms with Crippen molar-refractivity contribution in [3.63, 3.8) is 0 Å². The molecule has 5 heteroatoms. The number of β-amino-alcohol motifs (C(OH)–C–C–N with tert-alkyl or cyclic N) is 1. The lowest BCUT2D eigenvalue weighted by atomic mass is 10.1. The standard InChI is InChI=1S/C14H22FN3O/c1-17(2)8-12-5-13(19)9-18(12)11-4-3-10(7-16)14(15)6-11/h3-4,6,12-13,19H,5,7-9,16H2,1-2H3. The van der Waals surface area contributed by atoms with Gasteiger partial charge in [0, 0.05) is 36.9 Å². The molecule has 0 radical (unpaired) electrons. The lowest BCUT2D eigenvalue weighted by Crippen LogP contribution is -2.37. The largest absolute Gasteiger partial charge is 0.391 e. The Hall–Kier alpha value is -1.17. The smallest absolute Gasteiger partial charge is 0.129 e. The minimum Gasteiger partial charge on any atom is -0.391 e. The molecule has 0 amide bonds. The van der Waals surface area contributed by atoms with E-state index in [4.69, 9.17) is 5.73 Å². The van der Waals surface area contributed by atoms with Crippen molar-refractivity contribution in [1.29, 1.82) is 0 Å². The maximum Gasteiger partial charge on any atom is 0.129 e. The number of halogens is 1. The Labute approximate surface area is 113 Å². The summed E-state index contributed by atoms with van der Waals surface area (Å²) >= 11 is 0. The minimum absolute atomic E-state index is 0.204. The number of hydrogen-bond acceptors (Lipinski definition) is 4. The first-order valence-corrected chi connectivity index (χ1v) is 6.59. The SMILES string of the molecule is CN(C)CC1CC(O)CN1c1ccc(CN)c(F)c1. The molecule has 3 N–H and O–H groups in total. The van der Waals surface area contributed by atoms with Gasteiger partial charge in [0.1, 0.15) is 5.82 Å². The van der Waals surface area contributed by atoms with Gasteiger partial charge in [0.15, 0.2) is 0 Å². The Bertz CT molecular complexity index is 439. The first-order valence-electron chi connectivity index (χ1n) is 6.59. The van der Waals surface area contributed by atoms with E-state index in [9.17, 15) is 9.50 Å². The van der Waals surface area contributed by atoms with Gasteiger partial charge in [-0.2, -0.15) is 0 Å². The van der Waals surface area contributed by atoms with E-state index in [0.29, 0.717) is 12.1 Å². The van der Waals surface area contributed by atoms with E-state index in [1.807, 2.05) is 20.2 Å². The van der Waals surface area contributed by atoms with Gasteiger partial charge in [0.2, 0.25) is 0 Å². The summed E-state index contributed by atoms with van der Waals surface area (Å²) in [6.45, 7) is 1.60. The van der Waals surface area contributed by atoms with Crippen LogP contribution in [0.4, 0.5) is 10.1 Å². The number of hydrogen-bond donors (Lipinski definition) is 2. The fraction of sp³-hybridized carbons (Fsp3) is 0.571. The van der Waals surface area contributed by atoms with Gasteiger partial charge >= 0.3 is 0 Å². The average Bonchev–Trinajstić information content (AvgIpc) is 2.69. The molecule has 1 aromatic carbocycles. The molecule has 1 heterocycles. The monoisotopic (exact) mass is 267 g/mol. The summed E-state index contributed by atoms with van der Waals surface area (Å²) in [4.78, 5) is 4.16. The summed E-state index contributed by atoms with van der Waals surface area (Å²) in [6, 6.07) is 5.34. The number of nitrogens with zero attached hydrogens (tertiary/aromatic N) is 2. The summed E-state index contributed by atoms with van der Waals surface area (Å²) in [7, 11) is 4.00. The van der Waals surface area contributed by atoms with Crippen LogP contribution in [0, 0.1) is 5.82 Å². The summed E-state index contributed by atoms with van der Waals surface area (Å²) in [5, 5.41) is 9.84. The van der Waals surface area contributed by atoms with Gasteiger partial charge in [-0.3, -0.25) is 0 Å². The molecule has 1 aromatic rings. The zero-order valence-electron chi connectivity index (χ0n) is 11.5. The molecule has 2 unspecified atom stereocenters. The van der Waals surface area contributed by atoms with Crippen LogP contribution in [0.25, 0.3) is 0 Å². The Balaban J connectivity index is 2.21. The molecule has 1 aliphatic rings. The van der Waals surface area contributed by atoms with Crippen LogP contribution >= 0.6 is 0 Å². The molecule has 0 spiro atoms. The molecule has 1 aliphatic heterocycles. The molecule has 4 nitrogen and oxygen atoms in total. The summed E-state index contributed by atoms with van der Waals surface area (Å²) in [5.41, 5.74) is 6.81. The van der Waals surface area contributed by atoms with E-state index in [1.165, 1.54) is 6.07 Å². The third-order valence-electron chi connectivity index (χ3n) is 3.56. The van der Waals surface area contributed by atoms with Gasteiger partial charge in [-0.05, 0) is 32.6 Å². The predicted octanol–water partition coefficient (Wildman–Crippen LogP) is 0.786. The van der Waals surface area contributed by atoms with E-state index >= 15 is 0 Å². The van der Waals surface area contributed by atoms with Crippen LogP contribution in [-0.2, 0) is 6.54 Å². The van der Waals surface area contributed by atoms with Gasteiger partial charge in [-0.25, -0.2) is 4.39 Å². The van der Waals surface area contributed by atoms with Crippen molar-refractivity contribution in [3.8, 4) is 0 Å². The molecule has 1 saturated heterocycles. The molecule has 2 rings (SSSR count). The second-order valence-electron chi connectivity index (χ2n) is 5.44. The van der Waals surface area contributed by atoms with Crippen molar-refractivity contribution in [1.82, 2.24) is 4.90 Å². The first kappa shape index (κ1) is 14.2. The van der Waals surface area contributed by atoms with Crippen LogP contribution < -0.4 is 10.6 Å². The second-order valence-corrected chi connectivity index (χ2v) is 5.44. The normalized spacial score (nSPS) is 23.4. The molecular weight excluding hydrogens is 245 g/mol. The number of aliphatic hydroxyl groups excluding tert-OH is 1. The van der Waals surface area contributed by atoms with E-state index in [-0.39, 0.29) is 24.5 Å². The molecule has 106 valence electrons. The Morgan fingerprint density at radius 1 is 1.47 bits per heavy atom. The number of likely N-dealkylation sites (N-methyl/N-ethyl adjacent to an activating group) is 1. The Morgan fingerprint density at radius 2 is 2.21 bits per heavy atom. The van der Waals surface area contributed by atoms with Gasteiger partial charge in [0.05, 0.1) is 6.10 Å². The maximum atomic E-state index is 13.8. The molecular formula is C14H22FN3O. The molecule has 0 aliphatic carbocycles. The van der Waals surface area contributed by atoms with Gasteiger partial charge < -0.3 is 20.6 Å². The van der Waals surface area contributed by atoms with Crippen LogP contribution in [0.1, 0.15) is 12.0 Å². The topological polar surface area (TPSA) is 52.7 Å². The number of anilines is 1. The highest BCUT2D eigenvalue weighted by Gasteiger charge is 2.31. The maximum absolute atomic E-state index is 13.8. The Kier molecular flexibility index (Phi) is 4.39. The zero-order valence-corrected chi connectivity index (χ0v) is 11.5. The van der Waals surface area contributed by atoms with Crippen LogP contribution in [0.5, 0.6) is 0 Å². The molecule has 0 bridgehead atoms. The second kappa shape index (κ2) is 5.86. The Morgan fingerprint density at radius 3 is 2.79 bits per heavy atom. The average molecular weight is 267 g/mol. The predicted molar refractivity (Wildman–Crippen MR) is 74.6 cm³/mol. The van der Waals surface area contributed by atoms with Gasteiger partial charge in [0.25, 0.3) is 0 Å². The first-order chi connectivity index (χ1) is 9.01. The fourth-order valence-electron chi connectivity index (χ4n) is 2.68. The van der Waals surface area contributed by atoms with Crippen LogP contribution in [0.2, 0.25) is 0 Å². The number of rotatable bonds is 4. The highest BCUT2D eigenvalue weighted by Crippen LogP contribution is 2.27. The van der Waals surface area contributed by atoms with Crippen LogP contribution in [0.15, 0.2) is 18.2 Å². The van der Waals surface area contributed by atoms with Gasteiger partial charge in [-0.1, -0.05) is 6.07 Å². The van der Waals surface area contributed by atoms with Crippen molar-refractivity contribution in [2.45, 2.75) is 25.1 Å². The lowest BCUT2D eigenvalue weighted by Gasteiger charge is -2.29. The quantitative estimate of drug-likeness (QED) is 0.847. The summed E-state index contributed by atoms with van der Waals surface area (Å²) < 4.78 is 13.8. The minimum atomic E-state index is -0.345. The van der Waals surface area contributed by atoms with Crippen LogP contribution in [-0.4, -0.2) is 49.3 Å². The van der Waals surface area contributed by atoms with E-state index in [0.717, 1.165) is 18.7 Å². The number of benzene rings is 1. The third-order valence-corrected chi connectivity index (χ3v) is 3.56. The van der Waals surface area contributed by atoms with Crippen molar-refractivity contribution >= 4 is 5.69 Å². The number of nitrogens with two attached hydrogens (primary N) is 1. The van der Waals surface area contributed by atoms with Crippen molar-refractivity contribution in [2.75, 3.05) is 32.1 Å². The number of aliphatic hydroxyl groups is 1. The molecule has 2 atom stereocenters. The van der Waals surface area contributed by atoms with E-state index in [2.05, 4.69) is 9.80 Å². The molecule has 0 aromatic heterocycles. The van der Waals surface area contributed by atoms with E-state index < -0.39 is 0 Å².